The summed E-state index contributed by atoms with van der Waals surface area (Å²) in [6, 6.07) is 8.25. The molecule has 0 radical (unpaired) electrons. The number of aromatic carboxylic acids is 1. The predicted molar refractivity (Wildman–Crippen MR) is 70.1 cm³/mol. The summed E-state index contributed by atoms with van der Waals surface area (Å²) in [4.78, 5) is 14.9. The number of hydrogen-bond acceptors (Lipinski definition) is 3. The van der Waals surface area contributed by atoms with E-state index in [1.54, 1.807) is 31.3 Å². The number of ether oxygens (including phenoxy) is 1. The minimum atomic E-state index is -0.952. The number of aromatic nitrogens is 1. The average molecular weight is 308 g/mol. The number of nitrogens with zero attached hydrogens (tertiary/aromatic N) is 1. The highest BCUT2D eigenvalue weighted by Crippen LogP contribution is 2.25. The van der Waals surface area contributed by atoms with Crippen LogP contribution in [-0.4, -0.2) is 16.1 Å². The minimum absolute atomic E-state index is 0.239. The number of rotatable bonds is 3. The van der Waals surface area contributed by atoms with Gasteiger partial charge < -0.3 is 9.84 Å². The maximum atomic E-state index is 10.8. The van der Waals surface area contributed by atoms with E-state index < -0.39 is 5.97 Å². The van der Waals surface area contributed by atoms with Gasteiger partial charge in [0.05, 0.1) is 5.56 Å². The molecule has 0 aliphatic rings. The lowest BCUT2D eigenvalue weighted by atomic mass is 10.1. The van der Waals surface area contributed by atoms with Crippen molar-refractivity contribution in [3.05, 3.63) is 52.1 Å². The molecule has 0 saturated heterocycles. The molecule has 0 amide bonds. The lowest BCUT2D eigenvalue weighted by Crippen LogP contribution is -1.97. The van der Waals surface area contributed by atoms with Gasteiger partial charge in [0.1, 0.15) is 5.75 Å². The van der Waals surface area contributed by atoms with E-state index in [2.05, 4.69) is 20.9 Å². The smallest absolute Gasteiger partial charge is 0.335 e. The van der Waals surface area contributed by atoms with Crippen LogP contribution in [0.1, 0.15) is 15.9 Å². The first-order valence-corrected chi connectivity index (χ1v) is 5.99. The first-order chi connectivity index (χ1) is 8.56. The number of carboxylic acids is 1. The largest absolute Gasteiger partial charge is 0.478 e. The molecule has 0 fully saturated rings. The number of hydrogen-bond donors (Lipinski definition) is 1. The van der Waals surface area contributed by atoms with E-state index in [0.717, 1.165) is 10.0 Å². The first kappa shape index (κ1) is 12.6. The van der Waals surface area contributed by atoms with Crippen LogP contribution in [0.5, 0.6) is 11.6 Å². The normalized spacial score (nSPS) is 10.1. The molecule has 0 aliphatic carbocycles. The Morgan fingerprint density at radius 3 is 2.67 bits per heavy atom. The Labute approximate surface area is 112 Å². The summed E-state index contributed by atoms with van der Waals surface area (Å²) in [5, 5.41) is 8.86. The van der Waals surface area contributed by atoms with Crippen molar-refractivity contribution in [1.29, 1.82) is 0 Å². The fraction of sp³-hybridized carbons (Fsp3) is 0.0769. The number of aryl methyl sites for hydroxylation is 1. The number of benzene rings is 1. The monoisotopic (exact) mass is 307 g/mol. The Hall–Kier alpha value is -1.88. The van der Waals surface area contributed by atoms with Crippen molar-refractivity contribution in [3.63, 3.8) is 0 Å². The third-order valence-corrected chi connectivity index (χ3v) is 2.81. The second-order valence-electron chi connectivity index (χ2n) is 3.70. The van der Waals surface area contributed by atoms with E-state index in [1.807, 2.05) is 6.07 Å². The summed E-state index contributed by atoms with van der Waals surface area (Å²) >= 11 is 3.29. The van der Waals surface area contributed by atoms with E-state index in [4.69, 9.17) is 9.84 Å². The van der Waals surface area contributed by atoms with Crippen molar-refractivity contribution in [2.75, 3.05) is 0 Å². The molecule has 0 spiro atoms. The molecule has 18 heavy (non-hydrogen) atoms. The molecule has 1 N–H and O–H groups in total. The summed E-state index contributed by atoms with van der Waals surface area (Å²) in [6.45, 7) is 1.79. The van der Waals surface area contributed by atoms with Crippen LogP contribution in [0.3, 0.4) is 0 Å². The molecule has 1 aromatic heterocycles. The number of pyridine rings is 1. The molecule has 0 bridgehead atoms. The molecule has 2 rings (SSSR count). The van der Waals surface area contributed by atoms with Crippen LogP contribution < -0.4 is 4.74 Å². The highest BCUT2D eigenvalue weighted by molar-refractivity contribution is 9.10. The lowest BCUT2D eigenvalue weighted by Gasteiger charge is -2.08. The van der Waals surface area contributed by atoms with Crippen LogP contribution in [0, 0.1) is 6.92 Å². The number of carbonyl (C=O) groups is 1. The highest BCUT2D eigenvalue weighted by atomic mass is 79.9. The maximum Gasteiger partial charge on any atom is 0.335 e. The number of halogens is 1. The number of carboxylic acid groups (broad SMARTS) is 1. The molecule has 0 saturated carbocycles. The Balaban J connectivity index is 2.24. The summed E-state index contributed by atoms with van der Waals surface area (Å²) in [6.07, 6.45) is 1.64. The fourth-order valence-corrected chi connectivity index (χ4v) is 1.67. The zero-order chi connectivity index (χ0) is 13.1. The van der Waals surface area contributed by atoms with E-state index >= 15 is 0 Å². The third kappa shape index (κ3) is 2.87. The molecule has 4 nitrogen and oxygen atoms in total. The van der Waals surface area contributed by atoms with E-state index in [0.29, 0.717) is 11.6 Å². The van der Waals surface area contributed by atoms with Gasteiger partial charge >= 0.3 is 5.97 Å². The maximum absolute atomic E-state index is 10.8. The van der Waals surface area contributed by atoms with Gasteiger partial charge in [-0.05, 0) is 52.7 Å². The second kappa shape index (κ2) is 5.18. The minimum Gasteiger partial charge on any atom is -0.478 e. The standard InChI is InChI=1S/C13H10BrNO3/c1-8-6-9(13(16)17)2-4-11(8)18-12-5-3-10(14)7-15-12/h2-7H,1H3,(H,16,17). The SMILES string of the molecule is Cc1cc(C(=O)O)ccc1Oc1ccc(Br)cn1. The topological polar surface area (TPSA) is 59.4 Å². The molecule has 92 valence electrons. The molecular formula is C13H10BrNO3. The lowest BCUT2D eigenvalue weighted by molar-refractivity contribution is 0.0697. The van der Waals surface area contributed by atoms with Crippen LogP contribution >= 0.6 is 15.9 Å². The Morgan fingerprint density at radius 2 is 2.11 bits per heavy atom. The van der Waals surface area contributed by atoms with Crippen LogP contribution in [0.4, 0.5) is 0 Å². The summed E-state index contributed by atoms with van der Waals surface area (Å²) in [5.41, 5.74) is 0.989. The van der Waals surface area contributed by atoms with Gasteiger partial charge in [0.25, 0.3) is 0 Å². The summed E-state index contributed by atoms with van der Waals surface area (Å²) < 4.78 is 6.44. The van der Waals surface area contributed by atoms with Gasteiger partial charge in [-0.3, -0.25) is 0 Å². The van der Waals surface area contributed by atoms with Gasteiger partial charge in [-0.1, -0.05) is 0 Å². The van der Waals surface area contributed by atoms with Crippen molar-refractivity contribution in [2.24, 2.45) is 0 Å². The Bertz CT molecular complexity index is 581. The van der Waals surface area contributed by atoms with Gasteiger partial charge in [0.15, 0.2) is 0 Å². The van der Waals surface area contributed by atoms with E-state index in [-0.39, 0.29) is 5.56 Å². The molecule has 5 heteroatoms. The predicted octanol–water partition coefficient (Wildman–Crippen LogP) is 3.64. The van der Waals surface area contributed by atoms with E-state index in [9.17, 15) is 4.79 Å². The molecule has 1 heterocycles. The Morgan fingerprint density at radius 1 is 1.33 bits per heavy atom. The van der Waals surface area contributed by atoms with Crippen molar-refractivity contribution >= 4 is 21.9 Å². The van der Waals surface area contributed by atoms with Gasteiger partial charge in [-0.2, -0.15) is 0 Å². The molecular weight excluding hydrogens is 298 g/mol. The zero-order valence-electron chi connectivity index (χ0n) is 9.55. The molecule has 0 aliphatic heterocycles. The first-order valence-electron chi connectivity index (χ1n) is 5.19. The van der Waals surface area contributed by atoms with Crippen LogP contribution in [-0.2, 0) is 0 Å². The summed E-state index contributed by atoms with van der Waals surface area (Å²) in [5.74, 6) is 0.102. The second-order valence-corrected chi connectivity index (χ2v) is 4.62. The highest BCUT2D eigenvalue weighted by Gasteiger charge is 2.07. The van der Waals surface area contributed by atoms with Crippen molar-refractivity contribution < 1.29 is 14.6 Å². The molecule has 1 aromatic carbocycles. The van der Waals surface area contributed by atoms with Crippen LogP contribution in [0.2, 0.25) is 0 Å². The molecule has 0 unspecified atom stereocenters. The van der Waals surface area contributed by atoms with Crippen LogP contribution in [0.15, 0.2) is 41.0 Å². The van der Waals surface area contributed by atoms with Crippen molar-refractivity contribution in [3.8, 4) is 11.6 Å². The average Bonchev–Trinajstić information content (AvgIpc) is 2.34. The van der Waals surface area contributed by atoms with Crippen molar-refractivity contribution in [2.45, 2.75) is 6.92 Å². The van der Waals surface area contributed by atoms with E-state index in [1.165, 1.54) is 6.07 Å². The zero-order valence-corrected chi connectivity index (χ0v) is 11.1. The van der Waals surface area contributed by atoms with Gasteiger partial charge in [-0.15, -0.1) is 0 Å². The van der Waals surface area contributed by atoms with Gasteiger partial charge in [0.2, 0.25) is 5.88 Å². The molecule has 2 aromatic rings. The summed E-state index contributed by atoms with van der Waals surface area (Å²) in [7, 11) is 0. The van der Waals surface area contributed by atoms with Crippen molar-refractivity contribution in [1.82, 2.24) is 4.98 Å². The Kier molecular flexibility index (Phi) is 3.62. The fourth-order valence-electron chi connectivity index (χ4n) is 1.43. The third-order valence-electron chi connectivity index (χ3n) is 2.34. The quantitative estimate of drug-likeness (QED) is 0.940. The van der Waals surface area contributed by atoms with Gasteiger partial charge in [-0.25, -0.2) is 9.78 Å². The van der Waals surface area contributed by atoms with Crippen LogP contribution in [0.25, 0.3) is 0 Å². The van der Waals surface area contributed by atoms with Gasteiger partial charge in [0, 0.05) is 16.7 Å². The molecule has 0 atom stereocenters.